The first-order valence-electron chi connectivity index (χ1n) is 3.62. The quantitative estimate of drug-likeness (QED) is 0.695. The molecule has 0 aromatic carbocycles. The van der Waals surface area contributed by atoms with Crippen molar-refractivity contribution in [1.82, 2.24) is 9.61 Å². The van der Waals surface area contributed by atoms with E-state index in [0.717, 1.165) is 0 Å². The number of nitrogens with two attached hydrogens (primary N) is 1. The first-order valence-corrected chi connectivity index (χ1v) is 3.62. The minimum atomic E-state index is -0.680. The molecular formula is C8H6FN3O. The Bertz CT molecular complexity index is 477. The zero-order chi connectivity index (χ0) is 9.42. The van der Waals surface area contributed by atoms with Gasteiger partial charge in [-0.15, -0.1) is 0 Å². The zero-order valence-corrected chi connectivity index (χ0v) is 6.57. The van der Waals surface area contributed by atoms with Crippen molar-refractivity contribution in [2.45, 2.75) is 0 Å². The molecule has 0 unspecified atom stereocenters. The number of nitrogens with zero attached hydrogens (tertiary/aromatic N) is 2. The van der Waals surface area contributed by atoms with E-state index >= 15 is 0 Å². The summed E-state index contributed by atoms with van der Waals surface area (Å²) in [7, 11) is 0. The number of fused-ring (bicyclic) bond motifs is 1. The van der Waals surface area contributed by atoms with Gasteiger partial charge in [0.1, 0.15) is 11.3 Å². The number of carbonyl (C=O) groups is 1. The molecule has 5 heteroatoms. The van der Waals surface area contributed by atoms with E-state index in [0.29, 0.717) is 0 Å². The Morgan fingerprint density at radius 1 is 1.62 bits per heavy atom. The standard InChI is InChI=1S/C8H6FN3O/c9-6-2-1-3-12-7(6)5(4-11-12)8(10)13/h1-4H,(H2,10,13). The van der Waals surface area contributed by atoms with Crippen LogP contribution in [0.15, 0.2) is 24.5 Å². The number of primary amides is 1. The Morgan fingerprint density at radius 2 is 2.38 bits per heavy atom. The van der Waals surface area contributed by atoms with Crippen LogP contribution in [0.5, 0.6) is 0 Å². The third-order valence-corrected chi connectivity index (χ3v) is 1.76. The third kappa shape index (κ3) is 1.05. The molecular weight excluding hydrogens is 173 g/mol. The van der Waals surface area contributed by atoms with Crippen molar-refractivity contribution in [2.75, 3.05) is 0 Å². The highest BCUT2D eigenvalue weighted by Gasteiger charge is 2.12. The van der Waals surface area contributed by atoms with Gasteiger partial charge in [-0.25, -0.2) is 8.91 Å². The number of aromatic nitrogens is 2. The van der Waals surface area contributed by atoms with Crippen LogP contribution in [0.3, 0.4) is 0 Å². The molecule has 66 valence electrons. The molecule has 0 spiro atoms. The predicted molar refractivity (Wildman–Crippen MR) is 43.7 cm³/mol. The van der Waals surface area contributed by atoms with Gasteiger partial charge in [-0.1, -0.05) is 0 Å². The number of carbonyl (C=O) groups excluding carboxylic acids is 1. The second-order valence-electron chi connectivity index (χ2n) is 2.57. The molecule has 2 aromatic rings. The lowest BCUT2D eigenvalue weighted by atomic mass is 10.2. The summed E-state index contributed by atoms with van der Waals surface area (Å²) < 4.78 is 14.4. The van der Waals surface area contributed by atoms with Crippen molar-refractivity contribution in [3.05, 3.63) is 35.9 Å². The van der Waals surface area contributed by atoms with Crippen LogP contribution in [-0.2, 0) is 0 Å². The van der Waals surface area contributed by atoms with Crippen molar-refractivity contribution in [3.63, 3.8) is 0 Å². The summed E-state index contributed by atoms with van der Waals surface area (Å²) in [5.74, 6) is -1.19. The summed E-state index contributed by atoms with van der Waals surface area (Å²) in [5, 5.41) is 3.78. The highest BCUT2D eigenvalue weighted by Crippen LogP contribution is 2.13. The Kier molecular flexibility index (Phi) is 1.51. The number of pyridine rings is 1. The van der Waals surface area contributed by atoms with Gasteiger partial charge in [0, 0.05) is 6.20 Å². The monoisotopic (exact) mass is 179 g/mol. The SMILES string of the molecule is NC(=O)c1cnn2cccc(F)c12. The van der Waals surface area contributed by atoms with Crippen molar-refractivity contribution < 1.29 is 9.18 Å². The van der Waals surface area contributed by atoms with Gasteiger partial charge in [0.25, 0.3) is 5.91 Å². The van der Waals surface area contributed by atoms with Crippen molar-refractivity contribution >= 4 is 11.4 Å². The maximum absolute atomic E-state index is 13.2. The number of hydrogen-bond donors (Lipinski definition) is 1. The van der Waals surface area contributed by atoms with E-state index in [2.05, 4.69) is 5.10 Å². The predicted octanol–water partition coefficient (Wildman–Crippen LogP) is 0.572. The molecule has 1 amide bonds. The molecule has 2 aromatic heterocycles. The van der Waals surface area contributed by atoms with E-state index in [9.17, 15) is 9.18 Å². The van der Waals surface area contributed by atoms with E-state index in [4.69, 9.17) is 5.73 Å². The third-order valence-electron chi connectivity index (χ3n) is 1.76. The molecule has 4 nitrogen and oxygen atoms in total. The number of amides is 1. The van der Waals surface area contributed by atoms with Crippen LogP contribution in [-0.4, -0.2) is 15.5 Å². The topological polar surface area (TPSA) is 60.4 Å². The van der Waals surface area contributed by atoms with Gasteiger partial charge in [0.05, 0.1) is 11.8 Å². The Labute approximate surface area is 72.8 Å². The molecule has 2 N–H and O–H groups in total. The Morgan fingerprint density at radius 3 is 3.08 bits per heavy atom. The molecule has 0 bridgehead atoms. The average Bonchev–Trinajstić information content (AvgIpc) is 2.49. The van der Waals surface area contributed by atoms with Crippen LogP contribution < -0.4 is 5.73 Å². The second kappa shape index (κ2) is 2.55. The van der Waals surface area contributed by atoms with E-state index in [1.54, 1.807) is 6.20 Å². The summed E-state index contributed by atoms with van der Waals surface area (Å²) in [6, 6.07) is 2.75. The largest absolute Gasteiger partial charge is 0.365 e. The minimum absolute atomic E-state index is 0.0955. The van der Waals surface area contributed by atoms with Crippen molar-refractivity contribution in [3.8, 4) is 0 Å². The molecule has 0 atom stereocenters. The maximum Gasteiger partial charge on any atom is 0.252 e. The number of halogens is 1. The van der Waals surface area contributed by atoms with Gasteiger partial charge in [0.15, 0.2) is 0 Å². The fraction of sp³-hybridized carbons (Fsp3) is 0. The fourth-order valence-electron chi connectivity index (χ4n) is 1.18. The normalized spacial score (nSPS) is 10.5. The van der Waals surface area contributed by atoms with Crippen molar-refractivity contribution in [1.29, 1.82) is 0 Å². The molecule has 13 heavy (non-hydrogen) atoms. The molecule has 0 saturated heterocycles. The van der Waals surface area contributed by atoms with Crippen LogP contribution in [0, 0.1) is 5.82 Å². The van der Waals surface area contributed by atoms with Crippen molar-refractivity contribution in [2.24, 2.45) is 5.73 Å². The lowest BCUT2D eigenvalue weighted by Crippen LogP contribution is -2.10. The van der Waals surface area contributed by atoms with Gasteiger partial charge < -0.3 is 5.73 Å². The van der Waals surface area contributed by atoms with Crippen LogP contribution >= 0.6 is 0 Å². The Hall–Kier alpha value is -1.91. The van der Waals surface area contributed by atoms with E-state index < -0.39 is 11.7 Å². The molecule has 0 saturated carbocycles. The second-order valence-corrected chi connectivity index (χ2v) is 2.57. The maximum atomic E-state index is 13.2. The highest BCUT2D eigenvalue weighted by molar-refractivity contribution is 5.99. The van der Waals surface area contributed by atoms with Gasteiger partial charge in [-0.05, 0) is 12.1 Å². The van der Waals surface area contributed by atoms with Crippen LogP contribution in [0.4, 0.5) is 4.39 Å². The summed E-state index contributed by atoms with van der Waals surface area (Å²) in [5.41, 5.74) is 5.25. The smallest absolute Gasteiger partial charge is 0.252 e. The first kappa shape index (κ1) is 7.72. The van der Waals surface area contributed by atoms with E-state index in [1.807, 2.05) is 0 Å². The average molecular weight is 179 g/mol. The molecule has 0 aliphatic rings. The van der Waals surface area contributed by atoms with Gasteiger partial charge in [-0.3, -0.25) is 4.79 Å². The molecule has 0 fully saturated rings. The summed E-state index contributed by atoms with van der Waals surface area (Å²) in [6.07, 6.45) is 2.80. The van der Waals surface area contributed by atoms with E-state index in [-0.39, 0.29) is 11.1 Å². The fourth-order valence-corrected chi connectivity index (χ4v) is 1.18. The molecule has 2 heterocycles. The molecule has 0 aliphatic carbocycles. The van der Waals surface area contributed by atoms with Crippen LogP contribution in [0.2, 0.25) is 0 Å². The number of rotatable bonds is 1. The molecule has 2 rings (SSSR count). The highest BCUT2D eigenvalue weighted by atomic mass is 19.1. The van der Waals surface area contributed by atoms with Gasteiger partial charge in [-0.2, -0.15) is 5.10 Å². The van der Waals surface area contributed by atoms with Crippen LogP contribution in [0.1, 0.15) is 10.4 Å². The zero-order valence-electron chi connectivity index (χ0n) is 6.57. The summed E-state index contributed by atoms with van der Waals surface area (Å²) in [4.78, 5) is 10.8. The summed E-state index contributed by atoms with van der Waals surface area (Å²) in [6.45, 7) is 0. The first-order chi connectivity index (χ1) is 6.20. The lowest BCUT2D eigenvalue weighted by Gasteiger charge is -1.95. The molecule has 0 aliphatic heterocycles. The van der Waals surface area contributed by atoms with Gasteiger partial charge >= 0.3 is 0 Å². The minimum Gasteiger partial charge on any atom is -0.365 e. The Balaban J connectivity index is 2.86. The van der Waals surface area contributed by atoms with Gasteiger partial charge in [0.2, 0.25) is 0 Å². The van der Waals surface area contributed by atoms with E-state index in [1.165, 1.54) is 22.8 Å². The summed E-state index contributed by atoms with van der Waals surface area (Å²) >= 11 is 0. The van der Waals surface area contributed by atoms with Crippen LogP contribution in [0.25, 0.3) is 5.52 Å². The lowest BCUT2D eigenvalue weighted by molar-refractivity contribution is 0.100. The molecule has 0 radical (unpaired) electrons. The number of hydrogen-bond acceptors (Lipinski definition) is 2.